The van der Waals surface area contributed by atoms with Crippen LogP contribution in [0.15, 0.2) is 23.1 Å². The van der Waals surface area contributed by atoms with Crippen molar-refractivity contribution in [2.45, 2.75) is 62.4 Å². The van der Waals surface area contributed by atoms with E-state index in [2.05, 4.69) is 4.72 Å². The highest BCUT2D eigenvalue weighted by molar-refractivity contribution is 7.89. The number of sulfonamides is 1. The Balaban J connectivity index is 1.93. The van der Waals surface area contributed by atoms with Gasteiger partial charge in [-0.2, -0.15) is 4.72 Å². The van der Waals surface area contributed by atoms with Crippen LogP contribution in [0.3, 0.4) is 0 Å². The van der Waals surface area contributed by atoms with Crippen LogP contribution in [0.2, 0.25) is 0 Å². The Bertz CT molecular complexity index is 843. The SMILES string of the molecule is COC(=O)C1(NS(=O)(=O)c2ccc3c(c2)C[C@@H](C)N3C(C)=O)CCCC1. The molecule has 2 aliphatic rings. The van der Waals surface area contributed by atoms with Crippen molar-refractivity contribution in [3.8, 4) is 0 Å². The fraction of sp³-hybridized carbons (Fsp3) is 0.556. The third kappa shape index (κ3) is 3.12. The highest BCUT2D eigenvalue weighted by atomic mass is 32.2. The minimum atomic E-state index is -3.89. The zero-order chi connectivity index (χ0) is 19.1. The van der Waals surface area contributed by atoms with Gasteiger partial charge in [-0.25, -0.2) is 8.42 Å². The lowest BCUT2D eigenvalue weighted by atomic mass is 10.00. The number of nitrogens with zero attached hydrogens (tertiary/aromatic N) is 1. The highest BCUT2D eigenvalue weighted by Gasteiger charge is 2.45. The zero-order valence-electron chi connectivity index (χ0n) is 15.2. The number of ether oxygens (including phenoxy) is 1. The molecular weight excluding hydrogens is 356 g/mol. The molecule has 0 radical (unpaired) electrons. The van der Waals surface area contributed by atoms with Crippen LogP contribution in [0.1, 0.15) is 45.1 Å². The maximum absolute atomic E-state index is 12.9. The topological polar surface area (TPSA) is 92.8 Å². The van der Waals surface area contributed by atoms with Gasteiger partial charge < -0.3 is 9.64 Å². The molecule has 0 bridgehead atoms. The maximum atomic E-state index is 12.9. The number of fused-ring (bicyclic) bond motifs is 1. The van der Waals surface area contributed by atoms with E-state index in [0.717, 1.165) is 24.1 Å². The summed E-state index contributed by atoms with van der Waals surface area (Å²) in [6.45, 7) is 3.43. The normalized spacial score (nSPS) is 21.5. The first-order valence-electron chi connectivity index (χ1n) is 8.75. The Morgan fingerprint density at radius 2 is 1.92 bits per heavy atom. The number of amides is 1. The van der Waals surface area contributed by atoms with Gasteiger partial charge in [0.15, 0.2) is 0 Å². The Morgan fingerprint density at radius 3 is 2.50 bits per heavy atom. The van der Waals surface area contributed by atoms with E-state index >= 15 is 0 Å². The number of rotatable bonds is 4. The number of methoxy groups -OCH3 is 1. The van der Waals surface area contributed by atoms with E-state index in [1.807, 2.05) is 6.92 Å². The van der Waals surface area contributed by atoms with Crippen molar-refractivity contribution >= 4 is 27.6 Å². The Labute approximate surface area is 153 Å². The van der Waals surface area contributed by atoms with Gasteiger partial charge in [0, 0.05) is 18.7 Å². The van der Waals surface area contributed by atoms with Gasteiger partial charge in [0.1, 0.15) is 5.54 Å². The predicted molar refractivity (Wildman–Crippen MR) is 96.3 cm³/mol. The van der Waals surface area contributed by atoms with Crippen LogP contribution < -0.4 is 9.62 Å². The summed E-state index contributed by atoms with van der Waals surface area (Å²) in [5, 5.41) is 0. The van der Waals surface area contributed by atoms with Crippen LogP contribution in [0, 0.1) is 0 Å². The van der Waals surface area contributed by atoms with Crippen molar-refractivity contribution in [1.29, 1.82) is 0 Å². The molecule has 1 aliphatic carbocycles. The number of esters is 1. The third-order valence-electron chi connectivity index (χ3n) is 5.28. The average molecular weight is 380 g/mol. The molecule has 0 saturated heterocycles. The van der Waals surface area contributed by atoms with E-state index in [1.165, 1.54) is 20.1 Å². The summed E-state index contributed by atoms with van der Waals surface area (Å²) in [7, 11) is -2.62. The first-order valence-corrected chi connectivity index (χ1v) is 10.2. The van der Waals surface area contributed by atoms with Crippen LogP contribution in [-0.2, 0) is 30.8 Å². The second kappa shape index (κ2) is 6.66. The molecule has 8 heteroatoms. The summed E-state index contributed by atoms with van der Waals surface area (Å²) < 4.78 is 33.2. The van der Waals surface area contributed by atoms with Crippen molar-refractivity contribution < 1.29 is 22.7 Å². The van der Waals surface area contributed by atoms with Crippen molar-refractivity contribution in [2.24, 2.45) is 0 Å². The number of anilines is 1. The summed E-state index contributed by atoms with van der Waals surface area (Å²) in [6.07, 6.45) is 3.00. The second-order valence-corrected chi connectivity index (χ2v) is 8.80. The smallest absolute Gasteiger partial charge is 0.327 e. The lowest BCUT2D eigenvalue weighted by Gasteiger charge is -2.27. The standard InChI is InChI=1S/C18H24N2O5S/c1-12-10-14-11-15(6-7-16(14)20(12)13(2)21)26(23,24)19-18(17(22)25-3)8-4-5-9-18/h6-7,11-12,19H,4-5,8-10H2,1-3H3/t12-/m1/s1. The molecule has 1 heterocycles. The molecule has 142 valence electrons. The van der Waals surface area contributed by atoms with Gasteiger partial charge in [0.25, 0.3) is 0 Å². The number of carbonyl (C=O) groups is 2. The molecule has 26 heavy (non-hydrogen) atoms. The van der Waals surface area contributed by atoms with Crippen LogP contribution >= 0.6 is 0 Å². The largest absolute Gasteiger partial charge is 0.468 e. The Kier molecular flexibility index (Phi) is 4.83. The summed E-state index contributed by atoms with van der Waals surface area (Å²) in [4.78, 5) is 25.8. The summed E-state index contributed by atoms with van der Waals surface area (Å²) >= 11 is 0. The lowest BCUT2D eigenvalue weighted by molar-refractivity contribution is -0.147. The van der Waals surface area contributed by atoms with Crippen molar-refractivity contribution in [3.05, 3.63) is 23.8 Å². The van der Waals surface area contributed by atoms with Crippen LogP contribution in [0.5, 0.6) is 0 Å². The molecule has 1 aromatic rings. The van der Waals surface area contributed by atoms with Crippen LogP contribution in [0.4, 0.5) is 5.69 Å². The Hall–Kier alpha value is -1.93. The molecule has 1 saturated carbocycles. The summed E-state index contributed by atoms with van der Waals surface area (Å²) in [6, 6.07) is 4.73. The van der Waals surface area contributed by atoms with E-state index < -0.39 is 21.5 Å². The monoisotopic (exact) mass is 380 g/mol. The number of benzene rings is 1. The predicted octanol–water partition coefficient (Wildman–Crippen LogP) is 1.75. The molecule has 1 aromatic carbocycles. The molecule has 0 aromatic heterocycles. The third-order valence-corrected chi connectivity index (χ3v) is 6.81. The van der Waals surface area contributed by atoms with E-state index in [9.17, 15) is 18.0 Å². The molecule has 1 aliphatic heterocycles. The fourth-order valence-corrected chi connectivity index (χ4v) is 5.56. The number of carbonyl (C=O) groups excluding carboxylic acids is 2. The van der Waals surface area contributed by atoms with Crippen LogP contribution in [-0.4, -0.2) is 39.0 Å². The van der Waals surface area contributed by atoms with Crippen molar-refractivity contribution in [1.82, 2.24) is 4.72 Å². The van der Waals surface area contributed by atoms with Gasteiger partial charge in [-0.1, -0.05) is 12.8 Å². The average Bonchev–Trinajstić information content (AvgIpc) is 3.16. The Morgan fingerprint density at radius 1 is 1.27 bits per heavy atom. The van der Waals surface area contributed by atoms with Crippen molar-refractivity contribution in [3.63, 3.8) is 0 Å². The number of nitrogens with one attached hydrogen (secondary N) is 1. The van der Waals surface area contributed by atoms with E-state index in [0.29, 0.717) is 19.3 Å². The minimum absolute atomic E-state index is 0.00958. The van der Waals surface area contributed by atoms with Gasteiger partial charge in [0.2, 0.25) is 15.9 Å². The van der Waals surface area contributed by atoms with Crippen molar-refractivity contribution in [2.75, 3.05) is 12.0 Å². The molecule has 1 N–H and O–H groups in total. The lowest BCUT2D eigenvalue weighted by Crippen LogP contribution is -2.52. The molecule has 3 rings (SSSR count). The summed E-state index contributed by atoms with van der Waals surface area (Å²) in [5.41, 5.74) is 0.368. The minimum Gasteiger partial charge on any atom is -0.468 e. The molecule has 1 fully saturated rings. The summed E-state index contributed by atoms with van der Waals surface area (Å²) in [5.74, 6) is -0.614. The van der Waals surface area contributed by atoms with E-state index in [1.54, 1.807) is 17.0 Å². The number of hydrogen-bond acceptors (Lipinski definition) is 5. The highest BCUT2D eigenvalue weighted by Crippen LogP contribution is 2.36. The first-order chi connectivity index (χ1) is 12.2. The van der Waals surface area contributed by atoms with Gasteiger partial charge in [-0.15, -0.1) is 0 Å². The molecule has 7 nitrogen and oxygen atoms in total. The van der Waals surface area contributed by atoms with E-state index in [4.69, 9.17) is 4.74 Å². The van der Waals surface area contributed by atoms with E-state index in [-0.39, 0.29) is 16.8 Å². The number of hydrogen-bond donors (Lipinski definition) is 1. The molecule has 0 spiro atoms. The van der Waals surface area contributed by atoms with Crippen LogP contribution in [0.25, 0.3) is 0 Å². The molecule has 1 atom stereocenters. The van der Waals surface area contributed by atoms with Gasteiger partial charge in [-0.3, -0.25) is 9.59 Å². The molecular formula is C18H24N2O5S. The fourth-order valence-electron chi connectivity index (χ4n) is 4.09. The first kappa shape index (κ1) is 18.8. The zero-order valence-corrected chi connectivity index (χ0v) is 16.1. The quantitative estimate of drug-likeness (QED) is 0.804. The second-order valence-electron chi connectivity index (χ2n) is 7.12. The molecule has 1 amide bonds. The van der Waals surface area contributed by atoms with Gasteiger partial charge in [0.05, 0.1) is 12.0 Å². The molecule has 0 unspecified atom stereocenters. The van der Waals surface area contributed by atoms with Gasteiger partial charge >= 0.3 is 5.97 Å². The maximum Gasteiger partial charge on any atom is 0.327 e. The van der Waals surface area contributed by atoms with Gasteiger partial charge in [-0.05, 0) is 49.9 Å².